The van der Waals surface area contributed by atoms with Crippen LogP contribution in [-0.2, 0) is 16.4 Å². The molecule has 2 aromatic rings. The van der Waals surface area contributed by atoms with Crippen LogP contribution in [0.4, 0.5) is 5.69 Å². The summed E-state index contributed by atoms with van der Waals surface area (Å²) in [5.41, 5.74) is 2.40. The highest BCUT2D eigenvalue weighted by molar-refractivity contribution is 9.10. The van der Waals surface area contributed by atoms with Gasteiger partial charge in [-0.05, 0) is 48.7 Å². The Morgan fingerprint density at radius 3 is 2.60 bits per heavy atom. The van der Waals surface area contributed by atoms with E-state index < -0.39 is 10.0 Å². The van der Waals surface area contributed by atoms with Crippen molar-refractivity contribution in [2.24, 2.45) is 0 Å². The number of halogens is 1. The molecule has 1 N–H and O–H groups in total. The highest BCUT2D eigenvalue weighted by Gasteiger charge is 2.17. The predicted octanol–water partition coefficient (Wildman–Crippen LogP) is 4.12. The van der Waals surface area contributed by atoms with Gasteiger partial charge in [0, 0.05) is 10.2 Å². The third-order valence-electron chi connectivity index (χ3n) is 3.03. The molecule has 0 spiro atoms. The van der Waals surface area contributed by atoms with Gasteiger partial charge in [-0.3, -0.25) is 4.72 Å². The summed E-state index contributed by atoms with van der Waals surface area (Å²) >= 11 is 3.30. The van der Waals surface area contributed by atoms with Crippen molar-refractivity contribution in [1.29, 1.82) is 0 Å². The van der Waals surface area contributed by atoms with Crippen LogP contribution in [0, 0.1) is 6.92 Å². The molecule has 0 heterocycles. The first kappa shape index (κ1) is 15.1. The van der Waals surface area contributed by atoms with Crippen molar-refractivity contribution < 1.29 is 8.42 Å². The van der Waals surface area contributed by atoms with Gasteiger partial charge in [0.2, 0.25) is 0 Å². The molecule has 2 aromatic carbocycles. The van der Waals surface area contributed by atoms with E-state index in [1.54, 1.807) is 25.1 Å². The smallest absolute Gasteiger partial charge is 0.262 e. The molecule has 0 aliphatic heterocycles. The number of aryl methyl sites for hydroxylation is 2. The summed E-state index contributed by atoms with van der Waals surface area (Å²) in [7, 11) is -3.57. The summed E-state index contributed by atoms with van der Waals surface area (Å²) in [5.74, 6) is 0. The summed E-state index contributed by atoms with van der Waals surface area (Å²) < 4.78 is 28.3. The first-order valence-electron chi connectivity index (χ1n) is 6.30. The molecule has 0 saturated carbocycles. The van der Waals surface area contributed by atoms with Crippen molar-refractivity contribution in [2.45, 2.75) is 25.2 Å². The van der Waals surface area contributed by atoms with E-state index >= 15 is 0 Å². The van der Waals surface area contributed by atoms with E-state index in [9.17, 15) is 8.42 Å². The summed E-state index contributed by atoms with van der Waals surface area (Å²) in [6.45, 7) is 3.82. The molecule has 0 aromatic heterocycles. The largest absolute Gasteiger partial charge is 0.280 e. The summed E-state index contributed by atoms with van der Waals surface area (Å²) in [4.78, 5) is 0.286. The molecule has 5 heteroatoms. The predicted molar refractivity (Wildman–Crippen MR) is 85.5 cm³/mol. The van der Waals surface area contributed by atoms with E-state index in [1.807, 2.05) is 31.2 Å². The van der Waals surface area contributed by atoms with Gasteiger partial charge in [-0.15, -0.1) is 0 Å². The zero-order chi connectivity index (χ0) is 14.8. The van der Waals surface area contributed by atoms with Gasteiger partial charge in [0.05, 0.1) is 4.90 Å². The van der Waals surface area contributed by atoms with E-state index in [4.69, 9.17) is 0 Å². The lowest BCUT2D eigenvalue weighted by Crippen LogP contribution is -2.14. The molecular weight excluding hydrogens is 338 g/mol. The van der Waals surface area contributed by atoms with Crippen LogP contribution < -0.4 is 4.72 Å². The minimum absolute atomic E-state index is 0.286. The van der Waals surface area contributed by atoms with Gasteiger partial charge in [0.1, 0.15) is 0 Å². The molecule has 2 rings (SSSR count). The van der Waals surface area contributed by atoms with Gasteiger partial charge in [0.15, 0.2) is 0 Å². The van der Waals surface area contributed by atoms with E-state index in [-0.39, 0.29) is 4.90 Å². The molecule has 0 bridgehead atoms. The van der Waals surface area contributed by atoms with Gasteiger partial charge in [-0.2, -0.15) is 0 Å². The number of nitrogens with one attached hydrogen (secondary N) is 1. The molecule has 0 aliphatic carbocycles. The molecule has 20 heavy (non-hydrogen) atoms. The van der Waals surface area contributed by atoms with E-state index in [0.29, 0.717) is 11.3 Å². The van der Waals surface area contributed by atoms with Crippen molar-refractivity contribution in [1.82, 2.24) is 0 Å². The summed E-state index contributed by atoms with van der Waals surface area (Å²) in [6.07, 6.45) is 0.867. The summed E-state index contributed by atoms with van der Waals surface area (Å²) in [5, 5.41) is 0. The van der Waals surface area contributed by atoms with E-state index in [2.05, 4.69) is 20.7 Å². The Bertz CT molecular complexity index is 726. The Morgan fingerprint density at radius 2 is 1.90 bits per heavy atom. The Balaban J connectivity index is 2.38. The fourth-order valence-corrected chi connectivity index (χ4v) is 3.76. The zero-order valence-electron chi connectivity index (χ0n) is 11.4. The first-order chi connectivity index (χ1) is 9.42. The molecule has 0 atom stereocenters. The Hall–Kier alpha value is -1.33. The monoisotopic (exact) mass is 353 g/mol. The topological polar surface area (TPSA) is 46.2 Å². The first-order valence-corrected chi connectivity index (χ1v) is 8.58. The van der Waals surface area contributed by atoms with Crippen molar-refractivity contribution in [3.05, 3.63) is 58.1 Å². The average Bonchev–Trinajstić information content (AvgIpc) is 2.41. The molecule has 0 unspecified atom stereocenters. The van der Waals surface area contributed by atoms with Crippen molar-refractivity contribution >= 4 is 31.6 Å². The van der Waals surface area contributed by atoms with Crippen molar-refractivity contribution in [3.8, 4) is 0 Å². The third-order valence-corrected chi connectivity index (χ3v) is 5.04. The van der Waals surface area contributed by atoms with E-state index in [1.165, 1.54) is 0 Å². The lowest BCUT2D eigenvalue weighted by Gasteiger charge is -2.11. The molecule has 3 nitrogen and oxygen atoms in total. The number of anilines is 1. The maximum absolute atomic E-state index is 12.4. The van der Waals surface area contributed by atoms with Crippen LogP contribution in [-0.4, -0.2) is 8.42 Å². The molecule has 0 amide bonds. The maximum Gasteiger partial charge on any atom is 0.262 e. The number of hydrogen-bond acceptors (Lipinski definition) is 2. The second-order valence-corrected chi connectivity index (χ2v) is 7.14. The molecule has 0 aliphatic rings. The van der Waals surface area contributed by atoms with E-state index in [0.717, 1.165) is 16.5 Å². The van der Waals surface area contributed by atoms with Gasteiger partial charge < -0.3 is 0 Å². The zero-order valence-corrected chi connectivity index (χ0v) is 13.8. The van der Waals surface area contributed by atoms with Gasteiger partial charge in [-0.25, -0.2) is 8.42 Å². The highest BCUT2D eigenvalue weighted by Crippen LogP contribution is 2.23. The molecule has 0 radical (unpaired) electrons. The van der Waals surface area contributed by atoms with Gasteiger partial charge in [-0.1, -0.05) is 41.1 Å². The molecule has 0 fully saturated rings. The Labute approximate surface area is 128 Å². The minimum Gasteiger partial charge on any atom is -0.280 e. The van der Waals surface area contributed by atoms with Gasteiger partial charge >= 0.3 is 0 Å². The fraction of sp³-hybridized carbons (Fsp3) is 0.200. The van der Waals surface area contributed by atoms with Crippen molar-refractivity contribution in [3.63, 3.8) is 0 Å². The lowest BCUT2D eigenvalue weighted by molar-refractivity contribution is 0.600. The normalized spacial score (nSPS) is 11.3. The van der Waals surface area contributed by atoms with Crippen LogP contribution in [0.25, 0.3) is 0 Å². The lowest BCUT2D eigenvalue weighted by atomic mass is 10.1. The van der Waals surface area contributed by atoms with Crippen LogP contribution in [0.15, 0.2) is 51.8 Å². The van der Waals surface area contributed by atoms with Crippen LogP contribution in [0.2, 0.25) is 0 Å². The third kappa shape index (κ3) is 3.41. The highest BCUT2D eigenvalue weighted by atomic mass is 79.9. The quantitative estimate of drug-likeness (QED) is 0.898. The van der Waals surface area contributed by atoms with Crippen LogP contribution in [0.3, 0.4) is 0 Å². The van der Waals surface area contributed by atoms with Crippen molar-refractivity contribution in [2.75, 3.05) is 4.72 Å². The summed E-state index contributed by atoms with van der Waals surface area (Å²) in [6, 6.07) is 12.6. The standard InChI is InChI=1S/C15H16BrNO2S/c1-3-12-5-4-6-14(9-12)17-20(18,19)15-10-13(16)8-7-11(15)2/h4-10,17H,3H2,1-2H3. The molecular formula is C15H16BrNO2S. The van der Waals surface area contributed by atoms with Crippen LogP contribution >= 0.6 is 15.9 Å². The van der Waals surface area contributed by atoms with Crippen LogP contribution in [0.5, 0.6) is 0 Å². The fourth-order valence-electron chi connectivity index (χ4n) is 1.93. The molecule has 106 valence electrons. The number of sulfonamides is 1. The number of hydrogen-bond donors (Lipinski definition) is 1. The maximum atomic E-state index is 12.4. The Morgan fingerprint density at radius 1 is 1.15 bits per heavy atom. The Kier molecular flexibility index (Phi) is 4.50. The second-order valence-electron chi connectivity index (χ2n) is 4.57. The minimum atomic E-state index is -3.57. The number of rotatable bonds is 4. The van der Waals surface area contributed by atoms with Gasteiger partial charge in [0.25, 0.3) is 10.0 Å². The molecule has 0 saturated heterocycles. The average molecular weight is 354 g/mol. The number of benzene rings is 2. The second kappa shape index (κ2) is 5.97. The SMILES string of the molecule is CCc1cccc(NS(=O)(=O)c2cc(Br)ccc2C)c1. The van der Waals surface area contributed by atoms with Crippen LogP contribution in [0.1, 0.15) is 18.1 Å².